The van der Waals surface area contributed by atoms with Crippen LogP contribution in [0.15, 0.2) is 78.9 Å². The number of hydrogen-bond donors (Lipinski definition) is 1. The van der Waals surface area contributed by atoms with E-state index in [0.717, 1.165) is 34.1 Å². The van der Waals surface area contributed by atoms with Gasteiger partial charge in [-0.2, -0.15) is 12.7 Å². The molecule has 2 saturated heterocycles. The summed E-state index contributed by atoms with van der Waals surface area (Å²) in [4.78, 5) is 31.9. The Bertz CT molecular complexity index is 1430. The Balaban J connectivity index is 1.13. The van der Waals surface area contributed by atoms with Gasteiger partial charge in [0, 0.05) is 70.5 Å². The molecule has 204 valence electrons. The second kappa shape index (κ2) is 11.2. The molecule has 1 N–H and O–H groups in total. The number of amides is 2. The van der Waals surface area contributed by atoms with Crippen LogP contribution in [-0.2, 0) is 10.2 Å². The van der Waals surface area contributed by atoms with Crippen molar-refractivity contribution in [2.45, 2.75) is 6.04 Å². The molecule has 2 aliphatic rings. The first-order valence-corrected chi connectivity index (χ1v) is 14.4. The van der Waals surface area contributed by atoms with Gasteiger partial charge in [0.2, 0.25) is 0 Å². The summed E-state index contributed by atoms with van der Waals surface area (Å²) >= 11 is 0. The number of carbonyl (C=O) groups excluding carboxylic acids is 2. The molecule has 0 atom stereocenters. The lowest BCUT2D eigenvalue weighted by molar-refractivity contribution is 0.00854. The van der Waals surface area contributed by atoms with Crippen LogP contribution in [0.1, 0.15) is 20.7 Å². The number of rotatable bonds is 7. The summed E-state index contributed by atoms with van der Waals surface area (Å²) in [6.07, 6.45) is 0. The van der Waals surface area contributed by atoms with Gasteiger partial charge in [0.1, 0.15) is 0 Å². The lowest BCUT2D eigenvalue weighted by atomic mass is 10.0. The minimum Gasteiger partial charge on any atom is -0.336 e. The summed E-state index contributed by atoms with van der Waals surface area (Å²) in [6.45, 7) is 4.37. The third kappa shape index (κ3) is 5.98. The highest BCUT2D eigenvalue weighted by molar-refractivity contribution is 7.90. The molecular formula is C29H33N5O4S. The predicted octanol–water partition coefficient (Wildman–Crippen LogP) is 2.85. The topological polar surface area (TPSA) is 93.3 Å². The molecule has 2 heterocycles. The molecule has 0 aromatic heterocycles. The molecule has 2 amide bonds. The lowest BCUT2D eigenvalue weighted by Crippen LogP contribution is -2.64. The van der Waals surface area contributed by atoms with E-state index in [1.54, 1.807) is 18.2 Å². The van der Waals surface area contributed by atoms with E-state index in [9.17, 15) is 18.0 Å². The fourth-order valence-corrected chi connectivity index (χ4v) is 5.50. The van der Waals surface area contributed by atoms with Crippen LogP contribution in [0.3, 0.4) is 0 Å². The SMILES string of the molecule is CN(C)S(=O)(=O)Nc1cccc(-c2ccc(C(=O)N3CC(N4CCN(C(=O)c5ccccc5)CC4)C3)cc2)c1. The minimum atomic E-state index is -3.59. The van der Waals surface area contributed by atoms with E-state index in [-0.39, 0.29) is 11.8 Å². The molecule has 0 radical (unpaired) electrons. The zero-order valence-electron chi connectivity index (χ0n) is 22.2. The van der Waals surface area contributed by atoms with Crippen molar-refractivity contribution in [2.75, 3.05) is 58.1 Å². The third-order valence-corrected chi connectivity index (χ3v) is 8.80. The predicted molar refractivity (Wildman–Crippen MR) is 152 cm³/mol. The standard InChI is InChI=1S/C29H33N5O4S/c1-31(2)39(37,38)30-26-10-6-9-25(19-26)22-11-13-24(14-12-22)29(36)34-20-27(21-34)32-15-17-33(18-16-32)28(35)23-7-4-3-5-8-23/h3-14,19,27,30H,15-18,20-21H2,1-2H3. The highest BCUT2D eigenvalue weighted by atomic mass is 32.2. The number of nitrogens with one attached hydrogen (secondary N) is 1. The monoisotopic (exact) mass is 547 g/mol. The number of hydrogen-bond acceptors (Lipinski definition) is 5. The van der Waals surface area contributed by atoms with Gasteiger partial charge in [-0.3, -0.25) is 19.2 Å². The van der Waals surface area contributed by atoms with Gasteiger partial charge in [0.15, 0.2) is 0 Å². The maximum Gasteiger partial charge on any atom is 0.301 e. The van der Waals surface area contributed by atoms with Crippen LogP contribution < -0.4 is 4.72 Å². The van der Waals surface area contributed by atoms with Crippen LogP contribution in [0.5, 0.6) is 0 Å². The summed E-state index contributed by atoms with van der Waals surface area (Å²) in [5.41, 5.74) is 3.56. The van der Waals surface area contributed by atoms with Crippen molar-refractivity contribution >= 4 is 27.7 Å². The Morgan fingerprint density at radius 2 is 1.36 bits per heavy atom. The molecule has 5 rings (SSSR count). The maximum atomic E-state index is 13.0. The van der Waals surface area contributed by atoms with Crippen LogP contribution in [-0.4, -0.2) is 98.6 Å². The Morgan fingerprint density at radius 3 is 2.00 bits per heavy atom. The van der Waals surface area contributed by atoms with Crippen LogP contribution in [0.4, 0.5) is 5.69 Å². The Kier molecular flexibility index (Phi) is 7.69. The van der Waals surface area contributed by atoms with Gasteiger partial charge in [-0.1, -0.05) is 42.5 Å². The molecule has 0 saturated carbocycles. The van der Waals surface area contributed by atoms with Crippen LogP contribution in [0.2, 0.25) is 0 Å². The number of benzene rings is 3. The van der Waals surface area contributed by atoms with E-state index < -0.39 is 10.2 Å². The van der Waals surface area contributed by atoms with Crippen molar-refractivity contribution in [3.63, 3.8) is 0 Å². The molecule has 9 nitrogen and oxygen atoms in total. The molecule has 0 unspecified atom stereocenters. The molecule has 0 bridgehead atoms. The molecule has 39 heavy (non-hydrogen) atoms. The van der Waals surface area contributed by atoms with Gasteiger partial charge in [-0.25, -0.2) is 0 Å². The largest absolute Gasteiger partial charge is 0.336 e. The summed E-state index contributed by atoms with van der Waals surface area (Å²) in [5.74, 6) is 0.0777. The molecule has 2 fully saturated rings. The number of piperazine rings is 1. The van der Waals surface area contributed by atoms with Gasteiger partial charge < -0.3 is 9.80 Å². The van der Waals surface area contributed by atoms with E-state index in [1.807, 2.05) is 70.5 Å². The highest BCUT2D eigenvalue weighted by Gasteiger charge is 2.37. The van der Waals surface area contributed by atoms with Crippen molar-refractivity contribution < 1.29 is 18.0 Å². The number of carbonyl (C=O) groups is 2. The first-order valence-electron chi connectivity index (χ1n) is 13.0. The van der Waals surface area contributed by atoms with E-state index in [2.05, 4.69) is 9.62 Å². The van der Waals surface area contributed by atoms with Crippen LogP contribution in [0, 0.1) is 0 Å². The van der Waals surface area contributed by atoms with Crippen molar-refractivity contribution in [1.82, 2.24) is 19.0 Å². The molecule has 0 spiro atoms. The van der Waals surface area contributed by atoms with Crippen LogP contribution in [0.25, 0.3) is 11.1 Å². The smallest absolute Gasteiger partial charge is 0.301 e. The van der Waals surface area contributed by atoms with Crippen LogP contribution >= 0.6 is 0 Å². The zero-order chi connectivity index (χ0) is 27.6. The summed E-state index contributed by atoms with van der Waals surface area (Å²) in [7, 11) is -0.653. The highest BCUT2D eigenvalue weighted by Crippen LogP contribution is 2.25. The quantitative estimate of drug-likeness (QED) is 0.491. The molecule has 2 aliphatic heterocycles. The average Bonchev–Trinajstić information content (AvgIpc) is 2.92. The first-order chi connectivity index (χ1) is 18.7. The number of nitrogens with zero attached hydrogens (tertiary/aromatic N) is 4. The van der Waals surface area contributed by atoms with Gasteiger partial charge in [-0.05, 0) is 47.5 Å². The van der Waals surface area contributed by atoms with Gasteiger partial charge >= 0.3 is 10.2 Å². The minimum absolute atomic E-state index is 0.00295. The summed E-state index contributed by atoms with van der Waals surface area (Å²) in [5, 5.41) is 0. The van der Waals surface area contributed by atoms with E-state index in [4.69, 9.17) is 0 Å². The lowest BCUT2D eigenvalue weighted by Gasteiger charge is -2.48. The third-order valence-electron chi connectivity index (χ3n) is 7.34. The van der Waals surface area contributed by atoms with Crippen molar-refractivity contribution in [3.8, 4) is 11.1 Å². The summed E-state index contributed by atoms with van der Waals surface area (Å²) < 4.78 is 27.9. The molecule has 3 aromatic carbocycles. The number of anilines is 1. The zero-order valence-corrected chi connectivity index (χ0v) is 23.0. The first kappa shape index (κ1) is 26.9. The molecule has 10 heteroatoms. The van der Waals surface area contributed by atoms with Gasteiger partial charge in [0.25, 0.3) is 11.8 Å². The van der Waals surface area contributed by atoms with E-state index >= 15 is 0 Å². The molecule has 0 aliphatic carbocycles. The second-order valence-corrected chi connectivity index (χ2v) is 12.0. The van der Waals surface area contributed by atoms with E-state index in [0.29, 0.717) is 43.5 Å². The fraction of sp³-hybridized carbons (Fsp3) is 0.310. The van der Waals surface area contributed by atoms with Crippen molar-refractivity contribution in [1.29, 1.82) is 0 Å². The van der Waals surface area contributed by atoms with E-state index in [1.165, 1.54) is 14.1 Å². The fourth-order valence-electron chi connectivity index (χ4n) is 4.90. The van der Waals surface area contributed by atoms with Crippen molar-refractivity contribution in [3.05, 3.63) is 90.0 Å². The van der Waals surface area contributed by atoms with Gasteiger partial charge in [-0.15, -0.1) is 0 Å². The average molecular weight is 548 g/mol. The number of likely N-dealkylation sites (tertiary alicyclic amines) is 1. The second-order valence-electron chi connectivity index (χ2n) is 10.1. The molecular weight excluding hydrogens is 514 g/mol. The summed E-state index contributed by atoms with van der Waals surface area (Å²) in [6, 6.07) is 24.2. The Labute approximate surface area is 229 Å². The molecule has 3 aromatic rings. The Morgan fingerprint density at radius 1 is 0.744 bits per heavy atom. The van der Waals surface area contributed by atoms with Gasteiger partial charge in [0.05, 0.1) is 5.69 Å². The Hall–Kier alpha value is -3.73. The van der Waals surface area contributed by atoms with Crippen molar-refractivity contribution in [2.24, 2.45) is 0 Å². The normalized spacial score (nSPS) is 16.7. The maximum absolute atomic E-state index is 13.0.